The van der Waals surface area contributed by atoms with Gasteiger partial charge < -0.3 is 9.90 Å². The predicted molar refractivity (Wildman–Crippen MR) is 58.4 cm³/mol. The maximum absolute atomic E-state index is 11.0. The molecule has 1 aromatic carbocycles. The van der Waals surface area contributed by atoms with Crippen molar-refractivity contribution in [2.24, 2.45) is 0 Å². The second kappa shape index (κ2) is 4.35. The topological polar surface area (TPSA) is 57.6 Å². The molecule has 1 heterocycles. The summed E-state index contributed by atoms with van der Waals surface area (Å²) < 4.78 is 0. The molecule has 0 aliphatic carbocycles. The molecule has 1 aliphatic heterocycles. The Balaban J connectivity index is 2.24. The number of rotatable bonds is 2. The van der Waals surface area contributed by atoms with Crippen LogP contribution in [0.5, 0.6) is 0 Å². The van der Waals surface area contributed by atoms with E-state index >= 15 is 0 Å². The van der Waals surface area contributed by atoms with Crippen LogP contribution in [0.25, 0.3) is 0 Å². The third-order valence-corrected chi connectivity index (χ3v) is 3.07. The van der Waals surface area contributed by atoms with Crippen LogP contribution in [0.2, 0.25) is 0 Å². The highest BCUT2D eigenvalue weighted by atomic mass is 16.4. The van der Waals surface area contributed by atoms with Crippen molar-refractivity contribution in [2.75, 3.05) is 6.54 Å². The molecule has 0 bridgehead atoms. The van der Waals surface area contributed by atoms with E-state index in [0.29, 0.717) is 13.0 Å². The first-order valence-electron chi connectivity index (χ1n) is 5.24. The molecule has 2 atom stereocenters. The van der Waals surface area contributed by atoms with Crippen LogP contribution in [-0.4, -0.2) is 35.0 Å². The van der Waals surface area contributed by atoms with Crippen LogP contribution in [0.15, 0.2) is 30.3 Å². The van der Waals surface area contributed by atoms with E-state index in [9.17, 15) is 9.59 Å². The van der Waals surface area contributed by atoms with Crippen molar-refractivity contribution in [3.05, 3.63) is 35.9 Å². The lowest BCUT2D eigenvalue weighted by Crippen LogP contribution is -2.37. The van der Waals surface area contributed by atoms with Crippen LogP contribution in [0.1, 0.15) is 17.9 Å². The summed E-state index contributed by atoms with van der Waals surface area (Å²) in [5, 5.41) is 8.95. The number of hydrogen-bond donors (Lipinski definition) is 1. The smallest absolute Gasteiger partial charge is 0.407 e. The van der Waals surface area contributed by atoms with Crippen LogP contribution in [0.3, 0.4) is 0 Å². The molecule has 1 amide bonds. The van der Waals surface area contributed by atoms with Crippen LogP contribution >= 0.6 is 0 Å². The molecule has 84 valence electrons. The Hall–Kier alpha value is -1.84. The summed E-state index contributed by atoms with van der Waals surface area (Å²) in [6.07, 6.45) is 0.425. The molecular weight excluding hydrogens is 206 g/mol. The van der Waals surface area contributed by atoms with Crippen molar-refractivity contribution in [1.29, 1.82) is 0 Å². The van der Waals surface area contributed by atoms with Gasteiger partial charge in [0, 0.05) is 12.5 Å². The Kier molecular flexibility index (Phi) is 2.90. The highest BCUT2D eigenvalue weighted by Gasteiger charge is 2.37. The van der Waals surface area contributed by atoms with E-state index < -0.39 is 12.1 Å². The average Bonchev–Trinajstić information content (AvgIpc) is 2.73. The quantitative estimate of drug-likeness (QED) is 0.770. The lowest BCUT2D eigenvalue weighted by atomic mass is 9.92. The fraction of sp³-hybridized carbons (Fsp3) is 0.333. The molecule has 0 spiro atoms. The molecule has 0 saturated carbocycles. The molecule has 4 nitrogen and oxygen atoms in total. The van der Waals surface area contributed by atoms with E-state index in [1.807, 2.05) is 30.3 Å². The Morgan fingerprint density at radius 2 is 2.06 bits per heavy atom. The van der Waals surface area contributed by atoms with Gasteiger partial charge in [-0.05, 0) is 12.0 Å². The highest BCUT2D eigenvalue weighted by Crippen LogP contribution is 2.32. The van der Waals surface area contributed by atoms with Gasteiger partial charge in [0.2, 0.25) is 0 Å². The Labute approximate surface area is 93.5 Å². The summed E-state index contributed by atoms with van der Waals surface area (Å²) >= 11 is 0. The van der Waals surface area contributed by atoms with Crippen molar-refractivity contribution in [3.8, 4) is 0 Å². The molecule has 1 aliphatic rings. The number of aldehydes is 1. The van der Waals surface area contributed by atoms with Gasteiger partial charge in [0.1, 0.15) is 6.29 Å². The number of carbonyl (C=O) groups is 2. The van der Waals surface area contributed by atoms with Crippen molar-refractivity contribution < 1.29 is 14.7 Å². The van der Waals surface area contributed by atoms with E-state index in [4.69, 9.17) is 5.11 Å². The Morgan fingerprint density at radius 3 is 2.62 bits per heavy atom. The first-order valence-corrected chi connectivity index (χ1v) is 5.24. The van der Waals surface area contributed by atoms with Crippen LogP contribution in [0, 0.1) is 0 Å². The summed E-state index contributed by atoms with van der Waals surface area (Å²) in [6, 6.07) is 9.05. The van der Waals surface area contributed by atoms with E-state index in [1.54, 1.807) is 0 Å². The molecule has 1 N–H and O–H groups in total. The zero-order valence-corrected chi connectivity index (χ0v) is 8.74. The largest absolute Gasteiger partial charge is 0.465 e. The van der Waals surface area contributed by atoms with Gasteiger partial charge >= 0.3 is 6.09 Å². The number of amides is 1. The van der Waals surface area contributed by atoms with Crippen LogP contribution < -0.4 is 0 Å². The normalized spacial score (nSPS) is 24.4. The van der Waals surface area contributed by atoms with Gasteiger partial charge in [-0.1, -0.05) is 30.3 Å². The van der Waals surface area contributed by atoms with Crippen LogP contribution in [0.4, 0.5) is 4.79 Å². The number of nitrogens with zero attached hydrogens (tertiary/aromatic N) is 1. The predicted octanol–water partition coefficient (Wildman–Crippen LogP) is 1.72. The first kappa shape index (κ1) is 10.7. The minimum Gasteiger partial charge on any atom is -0.465 e. The molecule has 16 heavy (non-hydrogen) atoms. The molecule has 0 aromatic heterocycles. The summed E-state index contributed by atoms with van der Waals surface area (Å²) in [5.41, 5.74) is 1.03. The number of likely N-dealkylation sites (tertiary alicyclic amines) is 1. The zero-order valence-electron chi connectivity index (χ0n) is 8.74. The zero-order chi connectivity index (χ0) is 11.5. The fourth-order valence-electron chi connectivity index (χ4n) is 2.27. The van der Waals surface area contributed by atoms with Crippen molar-refractivity contribution in [3.63, 3.8) is 0 Å². The molecule has 2 rings (SSSR count). The Bertz CT molecular complexity index is 391. The minimum absolute atomic E-state index is 0.00481. The monoisotopic (exact) mass is 219 g/mol. The lowest BCUT2D eigenvalue weighted by molar-refractivity contribution is -0.111. The van der Waals surface area contributed by atoms with Gasteiger partial charge in [0.25, 0.3) is 0 Å². The minimum atomic E-state index is -1.02. The van der Waals surface area contributed by atoms with Crippen molar-refractivity contribution >= 4 is 12.4 Å². The summed E-state index contributed by atoms with van der Waals surface area (Å²) in [5.74, 6) is -0.00481. The van der Waals surface area contributed by atoms with E-state index in [0.717, 1.165) is 11.8 Å². The molecule has 1 aromatic rings. The van der Waals surface area contributed by atoms with Gasteiger partial charge in [-0.25, -0.2) is 4.79 Å². The molecule has 1 fully saturated rings. The van der Waals surface area contributed by atoms with E-state index in [-0.39, 0.29) is 5.92 Å². The van der Waals surface area contributed by atoms with Crippen molar-refractivity contribution in [1.82, 2.24) is 4.90 Å². The number of carbonyl (C=O) groups excluding carboxylic acids is 1. The fourth-order valence-corrected chi connectivity index (χ4v) is 2.27. The number of carboxylic acid groups (broad SMARTS) is 1. The standard InChI is InChI=1S/C12H13NO3/c14-8-11-10(6-7-13(11)12(15)16)9-4-2-1-3-5-9/h1-5,8,10-11H,6-7H2,(H,15,16)/t10-,11-/m1/s1. The van der Waals surface area contributed by atoms with Gasteiger partial charge in [-0.3, -0.25) is 4.90 Å². The summed E-state index contributed by atoms with van der Waals surface area (Å²) in [4.78, 5) is 23.1. The molecular formula is C12H13NO3. The summed E-state index contributed by atoms with van der Waals surface area (Å²) in [6.45, 7) is 0.429. The average molecular weight is 219 g/mol. The maximum Gasteiger partial charge on any atom is 0.407 e. The Morgan fingerprint density at radius 1 is 1.38 bits per heavy atom. The number of benzene rings is 1. The molecule has 4 heteroatoms. The summed E-state index contributed by atoms with van der Waals surface area (Å²) in [7, 11) is 0. The first-order chi connectivity index (χ1) is 7.74. The van der Waals surface area contributed by atoms with E-state index in [1.165, 1.54) is 4.90 Å². The molecule has 1 saturated heterocycles. The second-order valence-electron chi connectivity index (χ2n) is 3.91. The number of hydrogen-bond acceptors (Lipinski definition) is 2. The SMILES string of the molecule is O=C[C@@H]1[C@@H](c2ccccc2)CCN1C(=O)O. The molecule has 0 radical (unpaired) electrons. The van der Waals surface area contributed by atoms with Crippen molar-refractivity contribution in [2.45, 2.75) is 18.4 Å². The van der Waals surface area contributed by atoms with Gasteiger partial charge in [-0.2, -0.15) is 0 Å². The van der Waals surface area contributed by atoms with E-state index in [2.05, 4.69) is 0 Å². The van der Waals surface area contributed by atoms with Gasteiger partial charge in [-0.15, -0.1) is 0 Å². The van der Waals surface area contributed by atoms with Gasteiger partial charge in [0.05, 0.1) is 6.04 Å². The third kappa shape index (κ3) is 1.78. The second-order valence-corrected chi connectivity index (χ2v) is 3.91. The lowest BCUT2D eigenvalue weighted by Gasteiger charge is -2.20. The molecule has 0 unspecified atom stereocenters. The highest BCUT2D eigenvalue weighted by molar-refractivity contribution is 5.73. The third-order valence-electron chi connectivity index (χ3n) is 3.07. The maximum atomic E-state index is 11.0. The van der Waals surface area contributed by atoms with Crippen LogP contribution in [-0.2, 0) is 4.79 Å². The van der Waals surface area contributed by atoms with Gasteiger partial charge in [0.15, 0.2) is 0 Å².